The van der Waals surface area contributed by atoms with Gasteiger partial charge in [-0.1, -0.05) is 11.6 Å². The molecule has 0 saturated heterocycles. The van der Waals surface area contributed by atoms with E-state index >= 15 is 0 Å². The van der Waals surface area contributed by atoms with Crippen molar-refractivity contribution in [1.82, 2.24) is 4.57 Å². The number of methoxy groups -OCH3 is 1. The van der Waals surface area contributed by atoms with Gasteiger partial charge in [0, 0.05) is 12.2 Å². The maximum atomic E-state index is 11.8. The van der Waals surface area contributed by atoms with E-state index < -0.39 is 5.97 Å². The number of aromatic nitrogens is 1. The zero-order chi connectivity index (χ0) is 11.9. The molecule has 86 valence electrons. The van der Waals surface area contributed by atoms with E-state index in [-0.39, 0.29) is 15.1 Å². The topological polar surface area (TPSA) is 48.3 Å². The van der Waals surface area contributed by atoms with Crippen LogP contribution in [0.3, 0.4) is 0 Å². The second-order valence-corrected chi connectivity index (χ2v) is 4.67. The normalized spacial score (nSPS) is 13.7. The van der Waals surface area contributed by atoms with E-state index in [0.29, 0.717) is 24.2 Å². The predicted molar refractivity (Wildman–Crippen MR) is 63.1 cm³/mol. The maximum Gasteiger partial charge on any atom is 0.341 e. The van der Waals surface area contributed by atoms with Crippen LogP contribution in [0.25, 0.3) is 0 Å². The molecular weight excluding hydrogens is 297 g/mol. The fourth-order valence-corrected chi connectivity index (χ4v) is 2.60. The summed E-state index contributed by atoms with van der Waals surface area (Å²) < 4.78 is 6.47. The van der Waals surface area contributed by atoms with Gasteiger partial charge in [-0.05, 0) is 28.8 Å². The zero-order valence-corrected chi connectivity index (χ0v) is 10.9. The molecule has 16 heavy (non-hydrogen) atoms. The van der Waals surface area contributed by atoms with Crippen LogP contribution in [-0.4, -0.2) is 17.6 Å². The third-order valence-corrected chi connectivity index (χ3v) is 3.99. The number of nitrogens with zero attached hydrogens (tertiary/aromatic N) is 1. The molecule has 2 rings (SSSR count). The summed E-state index contributed by atoms with van der Waals surface area (Å²) in [6, 6.07) is 0. The van der Waals surface area contributed by atoms with Crippen molar-refractivity contribution in [2.75, 3.05) is 7.11 Å². The van der Waals surface area contributed by atoms with Gasteiger partial charge in [0.25, 0.3) is 5.56 Å². The smallest absolute Gasteiger partial charge is 0.341 e. The second-order valence-electron chi connectivity index (χ2n) is 3.50. The summed E-state index contributed by atoms with van der Waals surface area (Å²) in [5, 5.41) is 0.144. The first kappa shape index (κ1) is 11.7. The van der Waals surface area contributed by atoms with Gasteiger partial charge < -0.3 is 9.30 Å². The van der Waals surface area contributed by atoms with Crippen LogP contribution in [0.4, 0.5) is 0 Å². The molecule has 1 aromatic rings. The van der Waals surface area contributed by atoms with Crippen molar-refractivity contribution in [3.05, 3.63) is 31.1 Å². The lowest BCUT2D eigenvalue weighted by molar-refractivity contribution is 0.0598. The van der Waals surface area contributed by atoms with Crippen molar-refractivity contribution in [2.45, 2.75) is 19.4 Å². The molecular formula is C10H9BrClNO3. The highest BCUT2D eigenvalue weighted by atomic mass is 79.9. The lowest BCUT2D eigenvalue weighted by Crippen LogP contribution is -2.24. The van der Waals surface area contributed by atoms with E-state index in [2.05, 4.69) is 20.7 Å². The number of hydrogen-bond acceptors (Lipinski definition) is 3. The lowest BCUT2D eigenvalue weighted by Gasteiger charge is -2.11. The van der Waals surface area contributed by atoms with Crippen molar-refractivity contribution >= 4 is 33.5 Å². The molecule has 0 unspecified atom stereocenters. The minimum absolute atomic E-state index is 0.144. The quantitative estimate of drug-likeness (QED) is 0.746. The number of halogens is 2. The van der Waals surface area contributed by atoms with Gasteiger partial charge in [-0.2, -0.15) is 0 Å². The molecule has 1 aliphatic rings. The number of hydrogen-bond donors (Lipinski definition) is 0. The van der Waals surface area contributed by atoms with Crippen LogP contribution < -0.4 is 5.56 Å². The van der Waals surface area contributed by atoms with Gasteiger partial charge in [0.05, 0.1) is 17.7 Å². The molecule has 6 heteroatoms. The summed E-state index contributed by atoms with van der Waals surface area (Å²) >= 11 is 9.10. The van der Waals surface area contributed by atoms with Crippen molar-refractivity contribution in [2.24, 2.45) is 0 Å². The van der Waals surface area contributed by atoms with Crippen LogP contribution in [0, 0.1) is 0 Å². The first-order valence-electron chi connectivity index (χ1n) is 4.77. The minimum Gasteiger partial charge on any atom is -0.465 e. The minimum atomic E-state index is -0.503. The van der Waals surface area contributed by atoms with Crippen LogP contribution in [0.2, 0.25) is 5.02 Å². The summed E-state index contributed by atoms with van der Waals surface area (Å²) in [6.07, 6.45) is 1.51. The van der Waals surface area contributed by atoms with Gasteiger partial charge in [0.15, 0.2) is 0 Å². The van der Waals surface area contributed by atoms with Gasteiger partial charge in [0.2, 0.25) is 0 Å². The Morgan fingerprint density at radius 2 is 2.25 bits per heavy atom. The van der Waals surface area contributed by atoms with Gasteiger partial charge in [-0.25, -0.2) is 4.79 Å². The number of esters is 1. The Bertz CT molecular complexity index is 524. The Morgan fingerprint density at radius 3 is 2.88 bits per heavy atom. The van der Waals surface area contributed by atoms with Crippen LogP contribution in [0.1, 0.15) is 22.5 Å². The van der Waals surface area contributed by atoms with Crippen molar-refractivity contribution in [1.29, 1.82) is 0 Å². The lowest BCUT2D eigenvalue weighted by atomic mass is 10.1. The van der Waals surface area contributed by atoms with Crippen LogP contribution in [-0.2, 0) is 17.7 Å². The van der Waals surface area contributed by atoms with Crippen LogP contribution in [0.5, 0.6) is 0 Å². The molecule has 0 bridgehead atoms. The highest BCUT2D eigenvalue weighted by molar-refractivity contribution is 9.10. The van der Waals surface area contributed by atoms with E-state index in [1.54, 1.807) is 4.57 Å². The molecule has 2 heterocycles. The maximum absolute atomic E-state index is 11.8. The predicted octanol–water partition coefficient (Wildman–Crippen LogP) is 2.00. The van der Waals surface area contributed by atoms with Gasteiger partial charge in [-0.15, -0.1) is 0 Å². The summed E-state index contributed by atoms with van der Waals surface area (Å²) in [6.45, 7) is 0.619. The highest BCUT2D eigenvalue weighted by Gasteiger charge is 2.27. The molecule has 0 aliphatic carbocycles. The van der Waals surface area contributed by atoms with Crippen molar-refractivity contribution < 1.29 is 9.53 Å². The number of fused-ring (bicyclic) bond motifs is 1. The third kappa shape index (κ3) is 1.58. The monoisotopic (exact) mass is 305 g/mol. The van der Waals surface area contributed by atoms with E-state index in [0.717, 1.165) is 6.42 Å². The number of pyridine rings is 1. The first-order valence-corrected chi connectivity index (χ1v) is 5.94. The number of carbonyl (C=O) groups is 1. The molecule has 1 aliphatic heterocycles. The third-order valence-electron chi connectivity index (χ3n) is 2.64. The Morgan fingerprint density at radius 1 is 1.56 bits per heavy atom. The number of rotatable bonds is 1. The molecule has 0 fully saturated rings. The zero-order valence-electron chi connectivity index (χ0n) is 8.55. The Labute approximate surface area is 105 Å². The van der Waals surface area contributed by atoms with E-state index in [4.69, 9.17) is 11.6 Å². The van der Waals surface area contributed by atoms with Crippen molar-refractivity contribution in [3.8, 4) is 0 Å². The van der Waals surface area contributed by atoms with E-state index in [1.807, 2.05) is 0 Å². The highest BCUT2D eigenvalue weighted by Crippen LogP contribution is 2.29. The fourth-order valence-electron chi connectivity index (χ4n) is 1.92. The second kappa shape index (κ2) is 4.22. The summed E-state index contributed by atoms with van der Waals surface area (Å²) in [7, 11) is 1.30. The standard InChI is InChI=1S/C10H9BrClNO3/c1-16-10(15)6-5-3-2-4-13(5)9(14)7(11)8(6)12/h2-4H2,1H3. The van der Waals surface area contributed by atoms with E-state index in [1.165, 1.54) is 7.11 Å². The van der Waals surface area contributed by atoms with Crippen LogP contribution in [0.15, 0.2) is 9.27 Å². The first-order chi connectivity index (χ1) is 7.57. The average molecular weight is 307 g/mol. The number of ether oxygens (including phenoxy) is 1. The summed E-state index contributed by atoms with van der Waals surface area (Å²) in [5.74, 6) is -0.503. The van der Waals surface area contributed by atoms with Gasteiger partial charge in [0.1, 0.15) is 4.47 Å². The molecule has 0 aromatic carbocycles. The molecule has 0 spiro atoms. The van der Waals surface area contributed by atoms with Gasteiger partial charge >= 0.3 is 5.97 Å². The average Bonchev–Trinajstić information content (AvgIpc) is 2.74. The molecule has 4 nitrogen and oxygen atoms in total. The van der Waals surface area contributed by atoms with E-state index in [9.17, 15) is 9.59 Å². The molecule has 0 amide bonds. The SMILES string of the molecule is COC(=O)c1c(Cl)c(Br)c(=O)n2c1CCC2. The summed E-state index contributed by atoms with van der Waals surface area (Å²) in [5.41, 5.74) is 0.781. The molecule has 0 N–H and O–H groups in total. The fraction of sp³-hybridized carbons (Fsp3) is 0.400. The van der Waals surface area contributed by atoms with Crippen molar-refractivity contribution in [3.63, 3.8) is 0 Å². The summed E-state index contributed by atoms with van der Waals surface area (Å²) in [4.78, 5) is 23.4. The van der Waals surface area contributed by atoms with Crippen LogP contribution >= 0.6 is 27.5 Å². The van der Waals surface area contributed by atoms with Gasteiger partial charge in [-0.3, -0.25) is 4.79 Å². The Balaban J connectivity index is 2.79. The molecule has 0 radical (unpaired) electrons. The Kier molecular flexibility index (Phi) is 3.08. The number of carbonyl (C=O) groups excluding carboxylic acids is 1. The Hall–Kier alpha value is -0.810. The molecule has 0 atom stereocenters. The largest absolute Gasteiger partial charge is 0.465 e. The molecule has 1 aromatic heterocycles. The molecule has 0 saturated carbocycles.